The van der Waals surface area contributed by atoms with E-state index in [0.29, 0.717) is 31.0 Å². The third-order valence-corrected chi connectivity index (χ3v) is 7.89. The predicted molar refractivity (Wildman–Crippen MR) is 128 cm³/mol. The van der Waals surface area contributed by atoms with Gasteiger partial charge < -0.3 is 25.3 Å². The van der Waals surface area contributed by atoms with E-state index in [1.807, 2.05) is 18.2 Å². The minimum atomic E-state index is -0.772. The highest BCUT2D eigenvalue weighted by Gasteiger charge is 2.50. The summed E-state index contributed by atoms with van der Waals surface area (Å²) in [5.41, 5.74) is 1.21. The number of methoxy groups -OCH3 is 1. The Hall–Kier alpha value is -3.54. The topological polar surface area (TPSA) is 127 Å². The van der Waals surface area contributed by atoms with Gasteiger partial charge in [0.2, 0.25) is 11.8 Å². The summed E-state index contributed by atoms with van der Waals surface area (Å²) in [6.45, 7) is 1.18. The second-order valence-corrected chi connectivity index (χ2v) is 9.92. The summed E-state index contributed by atoms with van der Waals surface area (Å²) in [6.07, 6.45) is 4.77. The molecule has 2 aromatic rings. The Bertz CT molecular complexity index is 1180. The molecule has 9 nitrogen and oxygen atoms in total. The van der Waals surface area contributed by atoms with E-state index in [1.54, 1.807) is 18.1 Å². The highest BCUT2D eigenvalue weighted by molar-refractivity contribution is 6.02. The predicted octanol–water partition coefficient (Wildman–Crippen LogP) is 2.34. The lowest BCUT2D eigenvalue weighted by molar-refractivity contribution is -0.129. The van der Waals surface area contributed by atoms with Crippen LogP contribution in [0.5, 0.6) is 5.75 Å². The fourth-order valence-corrected chi connectivity index (χ4v) is 6.17. The van der Waals surface area contributed by atoms with Crippen LogP contribution in [0.4, 0.5) is 0 Å². The molecule has 3 amide bonds. The molecule has 1 aromatic heterocycles. The van der Waals surface area contributed by atoms with Crippen LogP contribution >= 0.6 is 0 Å². The van der Waals surface area contributed by atoms with Gasteiger partial charge in [0.05, 0.1) is 13.2 Å². The SMILES string of the molecule is COc1cccc2[nH]c(C(=O)N3CC4CCCC4C3C(=O)N[C@H](C#N)C[C@@H]3CCCNC3=O)cc12. The zero-order valence-corrected chi connectivity index (χ0v) is 19.9. The number of nitrogens with zero attached hydrogens (tertiary/aromatic N) is 2. The molecule has 0 spiro atoms. The summed E-state index contributed by atoms with van der Waals surface area (Å²) in [4.78, 5) is 44.2. The van der Waals surface area contributed by atoms with Crippen LogP contribution in [-0.2, 0) is 9.59 Å². The normalized spacial score (nSPS) is 26.6. The maximum atomic E-state index is 13.6. The van der Waals surface area contributed by atoms with Gasteiger partial charge in [0.1, 0.15) is 23.5 Å². The summed E-state index contributed by atoms with van der Waals surface area (Å²) in [6, 6.07) is 8.12. The lowest BCUT2D eigenvalue weighted by Crippen LogP contribution is -2.51. The first-order valence-electron chi connectivity index (χ1n) is 12.4. The number of likely N-dealkylation sites (tertiary alicyclic amines) is 1. The number of nitriles is 1. The maximum Gasteiger partial charge on any atom is 0.271 e. The summed E-state index contributed by atoms with van der Waals surface area (Å²) < 4.78 is 5.42. The van der Waals surface area contributed by atoms with E-state index in [0.717, 1.165) is 36.6 Å². The van der Waals surface area contributed by atoms with Crippen molar-refractivity contribution in [3.05, 3.63) is 30.0 Å². The van der Waals surface area contributed by atoms with Crippen molar-refractivity contribution in [2.45, 2.75) is 50.6 Å². The molecule has 35 heavy (non-hydrogen) atoms. The Morgan fingerprint density at radius 3 is 2.91 bits per heavy atom. The molecule has 1 aliphatic carbocycles. The van der Waals surface area contributed by atoms with Gasteiger partial charge in [-0.2, -0.15) is 5.26 Å². The van der Waals surface area contributed by atoms with Crippen molar-refractivity contribution in [3.63, 3.8) is 0 Å². The number of amides is 3. The molecule has 1 aromatic carbocycles. The van der Waals surface area contributed by atoms with Crippen LogP contribution in [0.3, 0.4) is 0 Å². The van der Waals surface area contributed by atoms with Crippen molar-refractivity contribution in [2.24, 2.45) is 17.8 Å². The Labute approximate surface area is 204 Å². The van der Waals surface area contributed by atoms with Crippen LogP contribution in [0, 0.1) is 29.1 Å². The molecular formula is C26H31N5O4. The second kappa shape index (κ2) is 9.61. The van der Waals surface area contributed by atoms with Crippen LogP contribution in [-0.4, -0.2) is 59.9 Å². The molecule has 5 atom stereocenters. The van der Waals surface area contributed by atoms with Gasteiger partial charge in [0.15, 0.2) is 0 Å². The van der Waals surface area contributed by atoms with E-state index >= 15 is 0 Å². The number of H-pyrrole nitrogens is 1. The zero-order valence-electron chi connectivity index (χ0n) is 19.9. The number of fused-ring (bicyclic) bond motifs is 2. The van der Waals surface area contributed by atoms with Crippen LogP contribution < -0.4 is 15.4 Å². The fraction of sp³-hybridized carbons (Fsp3) is 0.538. The lowest BCUT2D eigenvalue weighted by atomic mass is 9.91. The number of piperidine rings is 1. The number of hydrogen-bond donors (Lipinski definition) is 3. The van der Waals surface area contributed by atoms with Crippen molar-refractivity contribution in [3.8, 4) is 11.8 Å². The Kier molecular flexibility index (Phi) is 6.37. The third kappa shape index (κ3) is 4.33. The number of nitrogens with one attached hydrogen (secondary N) is 3. The van der Waals surface area contributed by atoms with Crippen molar-refractivity contribution in [1.82, 2.24) is 20.5 Å². The van der Waals surface area contributed by atoms with Crippen molar-refractivity contribution < 1.29 is 19.1 Å². The Morgan fingerprint density at radius 1 is 1.29 bits per heavy atom. The standard InChI is InChI=1S/C26H31N5O4/c1-35-22-9-3-8-20-19(22)12-21(30-20)26(34)31-14-16-5-2-7-18(16)23(31)25(33)29-17(13-27)11-15-6-4-10-28-24(15)32/h3,8-9,12,15-18,23,30H,2,4-7,10-11,14H2,1H3,(H,28,32)(H,29,33)/t15-,16?,17-,18?,23?/m0/s1. The molecule has 3 aliphatic rings. The lowest BCUT2D eigenvalue weighted by Gasteiger charge is -2.29. The largest absolute Gasteiger partial charge is 0.496 e. The summed E-state index contributed by atoms with van der Waals surface area (Å²) in [7, 11) is 1.59. The number of aromatic nitrogens is 1. The minimum absolute atomic E-state index is 0.0616. The number of aromatic amines is 1. The molecule has 3 heterocycles. The van der Waals surface area contributed by atoms with Crippen molar-refractivity contribution >= 4 is 28.6 Å². The van der Waals surface area contributed by atoms with Crippen molar-refractivity contribution in [1.29, 1.82) is 5.26 Å². The summed E-state index contributed by atoms with van der Waals surface area (Å²) in [5, 5.41) is 16.2. The van der Waals surface area contributed by atoms with Crippen LogP contribution in [0.2, 0.25) is 0 Å². The molecule has 0 bridgehead atoms. The van der Waals surface area contributed by atoms with Crippen LogP contribution in [0.25, 0.3) is 10.9 Å². The average molecular weight is 478 g/mol. The van der Waals surface area contributed by atoms with Gasteiger partial charge in [0.25, 0.3) is 5.91 Å². The first-order valence-corrected chi connectivity index (χ1v) is 12.4. The van der Waals surface area contributed by atoms with Crippen LogP contribution in [0.1, 0.15) is 49.0 Å². The molecule has 2 aliphatic heterocycles. The van der Waals surface area contributed by atoms with Gasteiger partial charge >= 0.3 is 0 Å². The maximum absolute atomic E-state index is 13.6. The molecular weight excluding hydrogens is 446 g/mol. The van der Waals surface area contributed by atoms with E-state index in [9.17, 15) is 19.6 Å². The molecule has 0 radical (unpaired) electrons. The first-order chi connectivity index (χ1) is 17.0. The van der Waals surface area contributed by atoms with E-state index < -0.39 is 12.1 Å². The van der Waals surface area contributed by atoms with Gasteiger partial charge in [-0.25, -0.2) is 0 Å². The number of rotatable bonds is 6. The number of hydrogen-bond acceptors (Lipinski definition) is 5. The van der Waals surface area contributed by atoms with Gasteiger partial charge in [-0.1, -0.05) is 12.5 Å². The van der Waals surface area contributed by atoms with Gasteiger partial charge in [0, 0.05) is 29.9 Å². The van der Waals surface area contributed by atoms with Crippen molar-refractivity contribution in [2.75, 3.05) is 20.2 Å². The van der Waals surface area contributed by atoms with E-state index in [-0.39, 0.29) is 41.9 Å². The monoisotopic (exact) mass is 477 g/mol. The molecule has 2 saturated heterocycles. The molecule has 3 unspecified atom stereocenters. The number of benzene rings is 1. The van der Waals surface area contributed by atoms with Gasteiger partial charge in [-0.15, -0.1) is 0 Å². The number of ether oxygens (including phenoxy) is 1. The smallest absolute Gasteiger partial charge is 0.271 e. The molecule has 3 fully saturated rings. The Balaban J connectivity index is 1.36. The number of carbonyl (C=O) groups excluding carboxylic acids is 3. The summed E-state index contributed by atoms with van der Waals surface area (Å²) in [5.74, 6) is 0.161. The number of carbonyl (C=O) groups is 3. The average Bonchev–Trinajstić information content (AvgIpc) is 3.58. The molecule has 184 valence electrons. The van der Waals surface area contributed by atoms with Gasteiger partial charge in [-0.05, 0) is 62.1 Å². The first kappa shape index (κ1) is 23.2. The van der Waals surface area contributed by atoms with Crippen LogP contribution in [0.15, 0.2) is 24.3 Å². The highest BCUT2D eigenvalue weighted by atomic mass is 16.5. The van der Waals surface area contributed by atoms with Gasteiger partial charge in [-0.3, -0.25) is 14.4 Å². The fourth-order valence-electron chi connectivity index (χ4n) is 6.17. The highest BCUT2D eigenvalue weighted by Crippen LogP contribution is 2.43. The van der Waals surface area contributed by atoms with E-state index in [1.165, 1.54) is 0 Å². The minimum Gasteiger partial charge on any atom is -0.496 e. The molecule has 1 saturated carbocycles. The third-order valence-electron chi connectivity index (χ3n) is 7.89. The second-order valence-electron chi connectivity index (χ2n) is 9.92. The summed E-state index contributed by atoms with van der Waals surface area (Å²) >= 11 is 0. The zero-order chi connectivity index (χ0) is 24.5. The molecule has 9 heteroatoms. The Morgan fingerprint density at radius 2 is 2.14 bits per heavy atom. The molecule has 5 rings (SSSR count). The quantitative estimate of drug-likeness (QED) is 0.589. The van der Waals surface area contributed by atoms with E-state index in [2.05, 4.69) is 21.7 Å². The van der Waals surface area contributed by atoms with E-state index in [4.69, 9.17) is 4.74 Å². The molecule has 3 N–H and O–H groups in total.